The summed E-state index contributed by atoms with van der Waals surface area (Å²) in [6, 6.07) is 6.76. The fourth-order valence-electron chi connectivity index (χ4n) is 2.16. The van der Waals surface area contributed by atoms with Crippen LogP contribution in [0.25, 0.3) is 5.57 Å². The molecule has 0 fully saturated rings. The van der Waals surface area contributed by atoms with Crippen LogP contribution in [0.15, 0.2) is 24.3 Å². The van der Waals surface area contributed by atoms with Gasteiger partial charge in [0.25, 0.3) is 0 Å². The Hall–Kier alpha value is -1.04. The Balaban J connectivity index is 2.39. The molecule has 74 valence electrons. The Morgan fingerprint density at radius 2 is 1.93 bits per heavy atom. The number of hydrogen-bond acceptors (Lipinski definition) is 0. The summed E-state index contributed by atoms with van der Waals surface area (Å²) in [5.41, 5.74) is 5.84. The second-order valence-electron chi connectivity index (χ2n) is 4.29. The average Bonchev–Trinajstić information content (AvgIpc) is 2.23. The van der Waals surface area contributed by atoms with Crippen molar-refractivity contribution in [1.82, 2.24) is 0 Å². The van der Waals surface area contributed by atoms with Gasteiger partial charge in [-0.2, -0.15) is 0 Å². The molecular weight excluding hydrogens is 168 g/mol. The first-order chi connectivity index (χ1) is 6.77. The highest BCUT2D eigenvalue weighted by Gasteiger charge is 2.08. The van der Waals surface area contributed by atoms with Crippen molar-refractivity contribution < 1.29 is 0 Å². The highest BCUT2D eigenvalue weighted by Crippen LogP contribution is 2.29. The molecule has 14 heavy (non-hydrogen) atoms. The van der Waals surface area contributed by atoms with Gasteiger partial charge in [0.15, 0.2) is 0 Å². The van der Waals surface area contributed by atoms with Gasteiger partial charge in [-0.1, -0.05) is 29.8 Å². The van der Waals surface area contributed by atoms with Crippen LogP contribution in [0.4, 0.5) is 0 Å². The van der Waals surface area contributed by atoms with Crippen molar-refractivity contribution >= 4 is 5.57 Å². The van der Waals surface area contributed by atoms with E-state index in [1.165, 1.54) is 42.4 Å². The molecular formula is C14H18. The highest BCUT2D eigenvalue weighted by molar-refractivity contribution is 5.69. The van der Waals surface area contributed by atoms with Crippen LogP contribution in [0.1, 0.15) is 42.4 Å². The van der Waals surface area contributed by atoms with E-state index >= 15 is 0 Å². The van der Waals surface area contributed by atoms with Crippen LogP contribution in [-0.2, 0) is 0 Å². The lowest BCUT2D eigenvalue weighted by atomic mass is 9.90. The smallest absolute Gasteiger partial charge is 0.0196 e. The van der Waals surface area contributed by atoms with Crippen molar-refractivity contribution in [3.63, 3.8) is 0 Å². The monoisotopic (exact) mass is 186 g/mol. The van der Waals surface area contributed by atoms with Crippen LogP contribution < -0.4 is 0 Å². The molecule has 0 aliphatic heterocycles. The molecule has 0 unspecified atom stereocenters. The maximum absolute atomic E-state index is 2.42. The van der Waals surface area contributed by atoms with Crippen LogP contribution in [0.3, 0.4) is 0 Å². The fraction of sp³-hybridized carbons (Fsp3) is 0.429. The Kier molecular flexibility index (Phi) is 2.72. The Morgan fingerprint density at radius 1 is 1.07 bits per heavy atom. The van der Waals surface area contributed by atoms with Gasteiger partial charge in [-0.3, -0.25) is 0 Å². The molecule has 1 aliphatic carbocycles. The lowest BCUT2D eigenvalue weighted by molar-refractivity contribution is 0.741. The molecule has 0 N–H and O–H groups in total. The summed E-state index contributed by atoms with van der Waals surface area (Å²) in [6.45, 7) is 4.39. The van der Waals surface area contributed by atoms with E-state index in [1.54, 1.807) is 5.57 Å². The van der Waals surface area contributed by atoms with Crippen molar-refractivity contribution in [2.24, 2.45) is 0 Å². The molecule has 0 bridgehead atoms. The normalized spacial score (nSPS) is 16.6. The molecule has 0 amide bonds. The van der Waals surface area contributed by atoms with Gasteiger partial charge in [0.1, 0.15) is 0 Å². The van der Waals surface area contributed by atoms with E-state index in [-0.39, 0.29) is 0 Å². The van der Waals surface area contributed by atoms with Gasteiger partial charge in [-0.15, -0.1) is 0 Å². The zero-order chi connectivity index (χ0) is 9.97. The minimum atomic E-state index is 1.27. The number of aryl methyl sites for hydroxylation is 2. The summed E-state index contributed by atoms with van der Waals surface area (Å²) in [4.78, 5) is 0. The van der Waals surface area contributed by atoms with Crippen LogP contribution >= 0.6 is 0 Å². The van der Waals surface area contributed by atoms with Crippen molar-refractivity contribution in [2.75, 3.05) is 0 Å². The number of benzene rings is 1. The fourth-order valence-corrected chi connectivity index (χ4v) is 2.16. The van der Waals surface area contributed by atoms with E-state index in [0.717, 1.165) is 0 Å². The standard InChI is InChI=1S/C14H18/c1-11-8-9-12(2)14(10-11)13-6-4-3-5-7-13/h6,8-10H,3-5,7H2,1-2H3. The summed E-state index contributed by atoms with van der Waals surface area (Å²) < 4.78 is 0. The van der Waals surface area contributed by atoms with Gasteiger partial charge in [-0.25, -0.2) is 0 Å². The predicted molar refractivity (Wildman–Crippen MR) is 62.4 cm³/mol. The molecule has 0 aromatic heterocycles. The first kappa shape index (κ1) is 9.51. The largest absolute Gasteiger partial charge is 0.0807 e. The predicted octanol–water partition coefficient (Wildman–Crippen LogP) is 4.26. The van der Waals surface area contributed by atoms with Crippen molar-refractivity contribution in [3.8, 4) is 0 Å². The van der Waals surface area contributed by atoms with Crippen LogP contribution in [-0.4, -0.2) is 0 Å². The SMILES string of the molecule is Cc1ccc(C)c(C2=CCCCC2)c1. The van der Waals surface area contributed by atoms with Crippen LogP contribution in [0.2, 0.25) is 0 Å². The molecule has 0 saturated heterocycles. The highest BCUT2D eigenvalue weighted by atomic mass is 14.1. The van der Waals surface area contributed by atoms with E-state index in [2.05, 4.69) is 38.1 Å². The number of hydrogen-bond donors (Lipinski definition) is 0. The summed E-state index contributed by atoms with van der Waals surface area (Å²) in [5, 5.41) is 0. The first-order valence-corrected chi connectivity index (χ1v) is 5.54. The second-order valence-corrected chi connectivity index (χ2v) is 4.29. The van der Waals surface area contributed by atoms with Gasteiger partial charge >= 0.3 is 0 Å². The Morgan fingerprint density at radius 3 is 2.64 bits per heavy atom. The maximum atomic E-state index is 2.42. The number of allylic oxidation sites excluding steroid dienone is 2. The van der Waals surface area contributed by atoms with Crippen molar-refractivity contribution in [2.45, 2.75) is 39.5 Å². The average molecular weight is 186 g/mol. The third-order valence-corrected chi connectivity index (χ3v) is 3.03. The van der Waals surface area contributed by atoms with Gasteiger partial charge in [0, 0.05) is 0 Å². The van der Waals surface area contributed by atoms with Gasteiger partial charge < -0.3 is 0 Å². The topological polar surface area (TPSA) is 0 Å². The molecule has 0 nitrogen and oxygen atoms in total. The molecule has 0 spiro atoms. The van der Waals surface area contributed by atoms with Crippen molar-refractivity contribution in [3.05, 3.63) is 41.0 Å². The third-order valence-electron chi connectivity index (χ3n) is 3.03. The quantitative estimate of drug-likeness (QED) is 0.614. The number of rotatable bonds is 1. The summed E-state index contributed by atoms with van der Waals surface area (Å²) >= 11 is 0. The molecule has 0 heterocycles. The summed E-state index contributed by atoms with van der Waals surface area (Å²) in [6.07, 6.45) is 7.69. The van der Waals surface area contributed by atoms with Gasteiger partial charge in [-0.05, 0) is 56.2 Å². The third kappa shape index (κ3) is 1.89. The molecule has 1 aromatic rings. The zero-order valence-corrected chi connectivity index (χ0v) is 9.14. The van der Waals surface area contributed by atoms with E-state index in [0.29, 0.717) is 0 Å². The zero-order valence-electron chi connectivity index (χ0n) is 9.14. The molecule has 0 atom stereocenters. The van der Waals surface area contributed by atoms with E-state index in [1.807, 2.05) is 0 Å². The maximum Gasteiger partial charge on any atom is -0.0196 e. The van der Waals surface area contributed by atoms with E-state index in [4.69, 9.17) is 0 Å². The molecule has 1 aliphatic rings. The molecule has 0 heteroatoms. The van der Waals surface area contributed by atoms with E-state index in [9.17, 15) is 0 Å². The van der Waals surface area contributed by atoms with Crippen LogP contribution in [0, 0.1) is 13.8 Å². The van der Waals surface area contributed by atoms with Crippen LogP contribution in [0.5, 0.6) is 0 Å². The van der Waals surface area contributed by atoms with Gasteiger partial charge in [0.2, 0.25) is 0 Å². The minimum Gasteiger partial charge on any atom is -0.0807 e. The van der Waals surface area contributed by atoms with E-state index < -0.39 is 0 Å². The lowest BCUT2D eigenvalue weighted by Gasteiger charge is -2.15. The Labute approximate surface area is 86.7 Å². The Bertz CT molecular complexity index is 358. The summed E-state index contributed by atoms with van der Waals surface area (Å²) in [7, 11) is 0. The molecule has 1 aromatic carbocycles. The second kappa shape index (κ2) is 4.00. The lowest BCUT2D eigenvalue weighted by Crippen LogP contribution is -1.94. The molecule has 0 radical (unpaired) electrons. The van der Waals surface area contributed by atoms with Gasteiger partial charge in [0.05, 0.1) is 0 Å². The molecule has 0 saturated carbocycles. The summed E-state index contributed by atoms with van der Waals surface area (Å²) in [5.74, 6) is 0. The molecule has 2 rings (SSSR count). The first-order valence-electron chi connectivity index (χ1n) is 5.54. The minimum absolute atomic E-state index is 1.27. The van der Waals surface area contributed by atoms with Crippen molar-refractivity contribution in [1.29, 1.82) is 0 Å².